The SMILES string of the molecule is CC1CN(C(=O)c2ccc(OCCCN3CCCCC3)cc2)CC(C)N1C(=O)c1ccccc1.Cl. The lowest BCUT2D eigenvalue weighted by atomic mass is 10.0. The van der Waals surface area contributed by atoms with Crippen molar-refractivity contribution in [3.8, 4) is 5.75 Å². The molecule has 7 heteroatoms. The second-order valence-electron chi connectivity index (χ2n) is 9.62. The number of halogens is 1. The minimum absolute atomic E-state index is 0. The number of benzene rings is 2. The molecule has 2 saturated heterocycles. The molecule has 2 amide bonds. The molecule has 2 aromatic carbocycles. The van der Waals surface area contributed by atoms with E-state index < -0.39 is 0 Å². The number of amides is 2. The Morgan fingerprint density at radius 2 is 1.43 bits per heavy atom. The molecular weight excluding hydrogens is 462 g/mol. The first-order chi connectivity index (χ1) is 16.5. The second kappa shape index (κ2) is 12.9. The monoisotopic (exact) mass is 499 g/mol. The third-order valence-corrected chi connectivity index (χ3v) is 6.90. The number of rotatable bonds is 7. The van der Waals surface area contributed by atoms with E-state index in [0.717, 1.165) is 18.7 Å². The topological polar surface area (TPSA) is 53.1 Å². The molecule has 2 atom stereocenters. The molecule has 190 valence electrons. The van der Waals surface area contributed by atoms with E-state index in [-0.39, 0.29) is 36.3 Å². The Bertz CT molecular complexity index is 936. The lowest BCUT2D eigenvalue weighted by Gasteiger charge is -2.44. The van der Waals surface area contributed by atoms with Crippen LogP contribution in [0, 0.1) is 0 Å². The summed E-state index contributed by atoms with van der Waals surface area (Å²) in [6.45, 7) is 9.27. The maximum atomic E-state index is 13.2. The van der Waals surface area contributed by atoms with Crippen LogP contribution in [0.5, 0.6) is 5.75 Å². The van der Waals surface area contributed by atoms with E-state index in [1.54, 1.807) is 0 Å². The number of piperidine rings is 1. The Morgan fingerprint density at radius 3 is 2.06 bits per heavy atom. The minimum Gasteiger partial charge on any atom is -0.494 e. The van der Waals surface area contributed by atoms with Crippen molar-refractivity contribution in [2.24, 2.45) is 0 Å². The predicted octanol–water partition coefficient (Wildman–Crippen LogP) is 4.74. The first-order valence-corrected chi connectivity index (χ1v) is 12.6. The zero-order valence-electron chi connectivity index (χ0n) is 20.9. The van der Waals surface area contributed by atoms with Gasteiger partial charge in [0.15, 0.2) is 0 Å². The number of carbonyl (C=O) groups is 2. The van der Waals surface area contributed by atoms with Gasteiger partial charge in [-0.3, -0.25) is 9.59 Å². The lowest BCUT2D eigenvalue weighted by molar-refractivity contribution is 0.0254. The van der Waals surface area contributed by atoms with Crippen molar-refractivity contribution >= 4 is 24.2 Å². The maximum Gasteiger partial charge on any atom is 0.254 e. The van der Waals surface area contributed by atoms with Gasteiger partial charge in [-0.15, -0.1) is 12.4 Å². The van der Waals surface area contributed by atoms with Crippen LogP contribution in [-0.4, -0.2) is 77.9 Å². The summed E-state index contributed by atoms with van der Waals surface area (Å²) < 4.78 is 5.90. The quantitative estimate of drug-likeness (QED) is 0.516. The molecule has 2 heterocycles. The highest BCUT2D eigenvalue weighted by Crippen LogP contribution is 2.22. The highest BCUT2D eigenvalue weighted by Gasteiger charge is 2.35. The van der Waals surface area contributed by atoms with E-state index in [1.165, 1.54) is 32.4 Å². The Morgan fingerprint density at radius 1 is 0.829 bits per heavy atom. The number of carbonyl (C=O) groups excluding carboxylic acids is 2. The molecule has 0 N–H and O–H groups in total. The van der Waals surface area contributed by atoms with Crippen molar-refractivity contribution in [1.29, 1.82) is 0 Å². The molecule has 0 bridgehead atoms. The fourth-order valence-electron chi connectivity index (χ4n) is 5.16. The number of hydrogen-bond acceptors (Lipinski definition) is 4. The van der Waals surface area contributed by atoms with E-state index in [0.29, 0.717) is 30.8 Å². The fraction of sp³-hybridized carbons (Fsp3) is 0.500. The molecule has 0 aliphatic carbocycles. The third kappa shape index (κ3) is 6.98. The van der Waals surface area contributed by atoms with Crippen molar-refractivity contribution in [3.63, 3.8) is 0 Å². The predicted molar refractivity (Wildman–Crippen MR) is 142 cm³/mol. The molecule has 0 saturated carbocycles. The van der Waals surface area contributed by atoms with Gasteiger partial charge in [-0.05, 0) is 82.6 Å². The van der Waals surface area contributed by atoms with Crippen LogP contribution >= 0.6 is 12.4 Å². The fourth-order valence-corrected chi connectivity index (χ4v) is 5.16. The normalized spacial score (nSPS) is 20.7. The van der Waals surface area contributed by atoms with E-state index in [9.17, 15) is 9.59 Å². The molecule has 2 aromatic rings. The molecule has 35 heavy (non-hydrogen) atoms. The smallest absolute Gasteiger partial charge is 0.254 e. The number of piperazine rings is 1. The lowest BCUT2D eigenvalue weighted by Crippen LogP contribution is -2.59. The van der Waals surface area contributed by atoms with Gasteiger partial charge < -0.3 is 19.4 Å². The van der Waals surface area contributed by atoms with Crippen molar-refractivity contribution in [2.45, 2.75) is 51.6 Å². The van der Waals surface area contributed by atoms with Crippen LogP contribution in [0.1, 0.15) is 60.2 Å². The second-order valence-corrected chi connectivity index (χ2v) is 9.62. The Labute approximate surface area is 215 Å². The summed E-state index contributed by atoms with van der Waals surface area (Å²) in [7, 11) is 0. The van der Waals surface area contributed by atoms with E-state index >= 15 is 0 Å². The first kappa shape index (κ1) is 27.0. The van der Waals surface area contributed by atoms with Crippen LogP contribution in [0.3, 0.4) is 0 Å². The molecule has 0 radical (unpaired) electrons. The van der Waals surface area contributed by atoms with Crippen molar-refractivity contribution in [2.75, 3.05) is 39.3 Å². The standard InChI is InChI=1S/C28H37N3O3.ClH/c1-22-20-30(21-23(2)31(22)28(33)24-10-5-3-6-11-24)27(32)25-12-14-26(15-13-25)34-19-9-18-29-16-7-4-8-17-29;/h3,5-6,10-15,22-23H,4,7-9,16-21H2,1-2H3;1H. The number of ether oxygens (including phenoxy) is 1. The Hall–Kier alpha value is -2.57. The third-order valence-electron chi connectivity index (χ3n) is 6.90. The average Bonchev–Trinajstić information content (AvgIpc) is 2.87. The van der Waals surface area contributed by atoms with Gasteiger partial charge in [-0.2, -0.15) is 0 Å². The molecule has 2 unspecified atom stereocenters. The van der Waals surface area contributed by atoms with Crippen LogP contribution in [-0.2, 0) is 0 Å². The summed E-state index contributed by atoms with van der Waals surface area (Å²) in [5.74, 6) is 0.826. The van der Waals surface area contributed by atoms with Crippen molar-refractivity contribution in [1.82, 2.24) is 14.7 Å². The van der Waals surface area contributed by atoms with Gasteiger partial charge in [0.1, 0.15) is 5.75 Å². The zero-order valence-corrected chi connectivity index (χ0v) is 21.7. The molecule has 2 aliphatic rings. The van der Waals surface area contributed by atoms with Crippen LogP contribution in [0.15, 0.2) is 54.6 Å². The highest BCUT2D eigenvalue weighted by molar-refractivity contribution is 5.96. The summed E-state index contributed by atoms with van der Waals surface area (Å²) in [5, 5.41) is 0. The van der Waals surface area contributed by atoms with Crippen LogP contribution in [0.25, 0.3) is 0 Å². The summed E-state index contributed by atoms with van der Waals surface area (Å²) in [6, 6.07) is 16.7. The van der Waals surface area contributed by atoms with Crippen molar-refractivity contribution < 1.29 is 14.3 Å². The zero-order chi connectivity index (χ0) is 23.9. The van der Waals surface area contributed by atoms with Gasteiger partial charge in [0, 0.05) is 42.8 Å². The van der Waals surface area contributed by atoms with Gasteiger partial charge >= 0.3 is 0 Å². The van der Waals surface area contributed by atoms with Gasteiger partial charge in [0.25, 0.3) is 11.8 Å². The van der Waals surface area contributed by atoms with Gasteiger partial charge in [-0.1, -0.05) is 24.6 Å². The van der Waals surface area contributed by atoms with Gasteiger partial charge in [0.2, 0.25) is 0 Å². The summed E-state index contributed by atoms with van der Waals surface area (Å²) in [6.07, 6.45) is 5.00. The maximum absolute atomic E-state index is 13.2. The first-order valence-electron chi connectivity index (χ1n) is 12.6. The number of likely N-dealkylation sites (tertiary alicyclic amines) is 1. The Balaban J connectivity index is 0.00000342. The van der Waals surface area contributed by atoms with Crippen LogP contribution in [0.4, 0.5) is 0 Å². The molecular formula is C28H38ClN3O3. The molecule has 2 aliphatic heterocycles. The molecule has 4 rings (SSSR count). The Kier molecular flexibility index (Phi) is 9.99. The average molecular weight is 500 g/mol. The summed E-state index contributed by atoms with van der Waals surface area (Å²) in [5.41, 5.74) is 1.34. The van der Waals surface area contributed by atoms with Gasteiger partial charge in [0.05, 0.1) is 6.61 Å². The highest BCUT2D eigenvalue weighted by atomic mass is 35.5. The number of nitrogens with zero attached hydrogens (tertiary/aromatic N) is 3. The van der Waals surface area contributed by atoms with Crippen molar-refractivity contribution in [3.05, 3.63) is 65.7 Å². The van der Waals surface area contributed by atoms with E-state index in [4.69, 9.17) is 4.74 Å². The van der Waals surface area contributed by atoms with E-state index in [2.05, 4.69) is 4.90 Å². The molecule has 0 spiro atoms. The summed E-state index contributed by atoms with van der Waals surface area (Å²) >= 11 is 0. The molecule has 2 fully saturated rings. The minimum atomic E-state index is -0.0529. The van der Waals surface area contributed by atoms with Gasteiger partial charge in [-0.25, -0.2) is 0 Å². The molecule has 0 aromatic heterocycles. The summed E-state index contributed by atoms with van der Waals surface area (Å²) in [4.78, 5) is 32.4. The van der Waals surface area contributed by atoms with E-state index in [1.807, 2.05) is 78.2 Å². The van der Waals surface area contributed by atoms with Crippen LogP contribution < -0.4 is 4.74 Å². The largest absolute Gasteiger partial charge is 0.494 e. The molecule has 6 nitrogen and oxygen atoms in total. The van der Waals surface area contributed by atoms with Crippen LogP contribution in [0.2, 0.25) is 0 Å². The number of hydrogen-bond donors (Lipinski definition) is 0.